The molecule has 6 heteroatoms. The number of carbonyl (C=O) groups is 1. The average Bonchev–Trinajstić information content (AvgIpc) is 3.16. The van der Waals surface area contributed by atoms with E-state index in [1.165, 1.54) is 38.8 Å². The molecule has 2 N–H and O–H groups in total. The Morgan fingerprint density at radius 2 is 2.05 bits per heavy atom. The van der Waals surface area contributed by atoms with Gasteiger partial charge >= 0.3 is 0 Å². The van der Waals surface area contributed by atoms with Crippen LogP contribution in [0.5, 0.6) is 0 Å². The quantitative estimate of drug-likeness (QED) is 0.824. The van der Waals surface area contributed by atoms with E-state index < -0.39 is 0 Å². The molecular formula is C15H29Cl2N3O. The number of likely N-dealkylation sites (tertiary alicyclic amines) is 1. The lowest BCUT2D eigenvalue weighted by atomic mass is 9.90. The van der Waals surface area contributed by atoms with Crippen LogP contribution in [0.15, 0.2) is 0 Å². The number of rotatable bonds is 4. The zero-order valence-electron chi connectivity index (χ0n) is 12.9. The summed E-state index contributed by atoms with van der Waals surface area (Å²) in [6.07, 6.45) is 7.36. The van der Waals surface area contributed by atoms with Crippen molar-refractivity contribution in [3.63, 3.8) is 0 Å². The van der Waals surface area contributed by atoms with Gasteiger partial charge in [-0.05, 0) is 64.5 Å². The van der Waals surface area contributed by atoms with E-state index in [9.17, 15) is 4.79 Å². The number of halogens is 2. The molecule has 2 unspecified atom stereocenters. The molecule has 1 saturated carbocycles. The van der Waals surface area contributed by atoms with Crippen molar-refractivity contribution in [3.05, 3.63) is 0 Å². The maximum absolute atomic E-state index is 12.3. The number of nitrogens with one attached hydrogen (secondary N) is 2. The average molecular weight is 338 g/mol. The summed E-state index contributed by atoms with van der Waals surface area (Å²) in [5, 5.41) is 6.57. The molecule has 2 aliphatic heterocycles. The number of amides is 1. The molecule has 2 atom stereocenters. The summed E-state index contributed by atoms with van der Waals surface area (Å²) in [7, 11) is 0. The standard InChI is InChI=1S/C15H27N3O.2ClH/c1-15(7-2-3-8-17-15)14(19)16-10-12-6-9-18(11-12)13-4-5-13;;/h12-13,17H,2-11H2,1H3,(H,16,19);2*1H. The molecule has 1 amide bonds. The summed E-state index contributed by atoms with van der Waals surface area (Å²) in [6.45, 7) is 6.31. The highest BCUT2D eigenvalue weighted by atomic mass is 35.5. The first-order chi connectivity index (χ1) is 9.17. The van der Waals surface area contributed by atoms with Gasteiger partial charge in [0.1, 0.15) is 0 Å². The highest BCUT2D eigenvalue weighted by molar-refractivity contribution is 5.86. The fraction of sp³-hybridized carbons (Fsp3) is 0.933. The van der Waals surface area contributed by atoms with Gasteiger partial charge in [0.2, 0.25) is 5.91 Å². The van der Waals surface area contributed by atoms with Crippen LogP contribution < -0.4 is 10.6 Å². The molecule has 2 heterocycles. The second kappa shape index (κ2) is 8.00. The van der Waals surface area contributed by atoms with Gasteiger partial charge in [0.15, 0.2) is 0 Å². The number of hydrogen-bond donors (Lipinski definition) is 2. The van der Waals surface area contributed by atoms with Crippen LogP contribution in [0.2, 0.25) is 0 Å². The van der Waals surface area contributed by atoms with Crippen LogP contribution in [0.4, 0.5) is 0 Å². The molecule has 0 radical (unpaired) electrons. The van der Waals surface area contributed by atoms with E-state index in [4.69, 9.17) is 0 Å². The van der Waals surface area contributed by atoms with Crippen molar-refractivity contribution < 1.29 is 4.79 Å². The Morgan fingerprint density at radius 3 is 2.67 bits per heavy atom. The van der Waals surface area contributed by atoms with E-state index in [1.807, 2.05) is 6.92 Å². The van der Waals surface area contributed by atoms with Gasteiger partial charge < -0.3 is 15.5 Å². The largest absolute Gasteiger partial charge is 0.354 e. The van der Waals surface area contributed by atoms with Crippen LogP contribution in [-0.4, -0.2) is 48.6 Å². The first-order valence-corrected chi connectivity index (χ1v) is 7.95. The number of carbonyl (C=O) groups excluding carboxylic acids is 1. The van der Waals surface area contributed by atoms with Gasteiger partial charge in [0.25, 0.3) is 0 Å². The number of piperidine rings is 1. The van der Waals surface area contributed by atoms with Gasteiger partial charge in [-0.1, -0.05) is 0 Å². The molecule has 3 fully saturated rings. The summed E-state index contributed by atoms with van der Waals surface area (Å²) in [6, 6.07) is 0.873. The Balaban J connectivity index is 0.00000110. The van der Waals surface area contributed by atoms with Gasteiger partial charge in [-0.3, -0.25) is 4.79 Å². The predicted molar refractivity (Wildman–Crippen MR) is 90.5 cm³/mol. The second-order valence-corrected chi connectivity index (χ2v) is 6.81. The molecule has 3 rings (SSSR count). The molecule has 0 bridgehead atoms. The summed E-state index contributed by atoms with van der Waals surface area (Å²) in [5.74, 6) is 0.869. The van der Waals surface area contributed by atoms with Crippen molar-refractivity contribution in [1.82, 2.24) is 15.5 Å². The maximum Gasteiger partial charge on any atom is 0.240 e. The molecular weight excluding hydrogens is 309 g/mol. The van der Waals surface area contributed by atoms with Gasteiger partial charge in [0, 0.05) is 19.1 Å². The third-order valence-electron chi connectivity index (χ3n) is 5.05. The van der Waals surface area contributed by atoms with Crippen LogP contribution in [0.3, 0.4) is 0 Å². The topological polar surface area (TPSA) is 44.4 Å². The zero-order chi connectivity index (χ0) is 13.3. The summed E-state index contributed by atoms with van der Waals surface area (Å²) in [4.78, 5) is 14.9. The van der Waals surface area contributed by atoms with Crippen molar-refractivity contribution in [3.8, 4) is 0 Å². The molecule has 0 spiro atoms. The number of hydrogen-bond acceptors (Lipinski definition) is 3. The Bertz CT molecular complexity index is 344. The normalized spacial score (nSPS) is 32.9. The van der Waals surface area contributed by atoms with E-state index in [2.05, 4.69) is 15.5 Å². The number of nitrogens with zero attached hydrogens (tertiary/aromatic N) is 1. The summed E-state index contributed by atoms with van der Waals surface area (Å²) >= 11 is 0. The molecule has 4 nitrogen and oxygen atoms in total. The van der Waals surface area contributed by atoms with E-state index in [1.54, 1.807) is 0 Å². The van der Waals surface area contributed by atoms with E-state index in [0.29, 0.717) is 5.92 Å². The minimum absolute atomic E-state index is 0. The van der Waals surface area contributed by atoms with Gasteiger partial charge in [-0.2, -0.15) is 0 Å². The van der Waals surface area contributed by atoms with E-state index in [-0.39, 0.29) is 36.3 Å². The van der Waals surface area contributed by atoms with Gasteiger partial charge in [0.05, 0.1) is 5.54 Å². The highest BCUT2D eigenvalue weighted by Crippen LogP contribution is 2.31. The molecule has 0 aromatic carbocycles. The Labute approximate surface area is 140 Å². The monoisotopic (exact) mass is 337 g/mol. The molecule has 1 aliphatic carbocycles. The highest BCUT2D eigenvalue weighted by Gasteiger charge is 2.36. The van der Waals surface area contributed by atoms with Crippen LogP contribution in [0.1, 0.15) is 45.4 Å². The first kappa shape index (κ1) is 19.0. The lowest BCUT2D eigenvalue weighted by Crippen LogP contribution is -2.57. The van der Waals surface area contributed by atoms with E-state index in [0.717, 1.165) is 32.0 Å². The Morgan fingerprint density at radius 1 is 1.29 bits per heavy atom. The predicted octanol–water partition coefficient (Wildman–Crippen LogP) is 1.96. The van der Waals surface area contributed by atoms with Crippen LogP contribution in [0.25, 0.3) is 0 Å². The lowest BCUT2D eigenvalue weighted by Gasteiger charge is -2.33. The molecule has 0 aromatic rings. The Kier molecular flexibility index (Phi) is 7.25. The minimum atomic E-state index is -0.326. The fourth-order valence-corrected chi connectivity index (χ4v) is 3.48. The third kappa shape index (κ3) is 4.72. The van der Waals surface area contributed by atoms with Crippen molar-refractivity contribution in [2.75, 3.05) is 26.2 Å². The zero-order valence-corrected chi connectivity index (χ0v) is 14.5. The maximum atomic E-state index is 12.3. The smallest absolute Gasteiger partial charge is 0.240 e. The molecule has 21 heavy (non-hydrogen) atoms. The fourth-order valence-electron chi connectivity index (χ4n) is 3.48. The van der Waals surface area contributed by atoms with Crippen molar-refractivity contribution >= 4 is 30.7 Å². The van der Waals surface area contributed by atoms with E-state index >= 15 is 0 Å². The molecule has 124 valence electrons. The Hall–Kier alpha value is -0.0300. The third-order valence-corrected chi connectivity index (χ3v) is 5.05. The van der Waals surface area contributed by atoms with Crippen LogP contribution in [-0.2, 0) is 4.79 Å². The molecule has 3 aliphatic rings. The molecule has 0 aromatic heterocycles. The lowest BCUT2D eigenvalue weighted by molar-refractivity contribution is -0.128. The first-order valence-electron chi connectivity index (χ1n) is 7.95. The van der Waals surface area contributed by atoms with Crippen molar-refractivity contribution in [1.29, 1.82) is 0 Å². The van der Waals surface area contributed by atoms with Gasteiger partial charge in [-0.25, -0.2) is 0 Å². The minimum Gasteiger partial charge on any atom is -0.354 e. The van der Waals surface area contributed by atoms with Crippen LogP contribution >= 0.6 is 24.8 Å². The summed E-state index contributed by atoms with van der Waals surface area (Å²) in [5.41, 5.74) is -0.326. The van der Waals surface area contributed by atoms with Crippen molar-refractivity contribution in [2.24, 2.45) is 5.92 Å². The molecule has 2 saturated heterocycles. The second-order valence-electron chi connectivity index (χ2n) is 6.81. The SMILES string of the molecule is CC1(C(=O)NCC2CCN(C3CC3)C2)CCCCN1.Cl.Cl. The summed E-state index contributed by atoms with van der Waals surface area (Å²) < 4.78 is 0. The van der Waals surface area contributed by atoms with Gasteiger partial charge in [-0.15, -0.1) is 24.8 Å². The van der Waals surface area contributed by atoms with Crippen molar-refractivity contribution in [2.45, 2.75) is 57.0 Å². The van der Waals surface area contributed by atoms with Crippen LogP contribution in [0, 0.1) is 5.92 Å².